The lowest BCUT2D eigenvalue weighted by molar-refractivity contribution is -0.191. The van der Waals surface area contributed by atoms with Gasteiger partial charge in [0.05, 0.1) is 12.6 Å². The Morgan fingerprint density at radius 1 is 1.26 bits per heavy atom. The molecule has 1 saturated heterocycles. The van der Waals surface area contributed by atoms with Crippen molar-refractivity contribution in [1.29, 1.82) is 0 Å². The maximum absolute atomic E-state index is 12.0. The Kier molecular flexibility index (Phi) is 10.0. The zero-order chi connectivity index (χ0) is 21.6. The average molecular weight is 544 g/mol. The van der Waals surface area contributed by atoms with Crippen molar-refractivity contribution in [1.82, 2.24) is 15.5 Å². The van der Waals surface area contributed by atoms with Gasteiger partial charge in [0.2, 0.25) is 5.91 Å². The van der Waals surface area contributed by atoms with Gasteiger partial charge in [0.1, 0.15) is 12.6 Å². The zero-order valence-electron chi connectivity index (χ0n) is 19.1. The van der Waals surface area contributed by atoms with Crippen LogP contribution >= 0.6 is 24.0 Å². The lowest BCUT2D eigenvalue weighted by atomic mass is 9.86. The van der Waals surface area contributed by atoms with Gasteiger partial charge in [-0.05, 0) is 31.2 Å². The number of carbonyl (C=O) groups excluding carboxylic acids is 1. The van der Waals surface area contributed by atoms with Gasteiger partial charge in [-0.25, -0.2) is 4.99 Å². The number of amides is 1. The smallest absolute Gasteiger partial charge is 0.243 e. The molecular weight excluding hydrogens is 507 g/mol. The molecule has 2 fully saturated rings. The summed E-state index contributed by atoms with van der Waals surface area (Å²) in [6, 6.07) is 10.2. The molecule has 1 amide bonds. The highest BCUT2D eigenvalue weighted by Crippen LogP contribution is 2.39. The van der Waals surface area contributed by atoms with Gasteiger partial charge in [-0.2, -0.15) is 0 Å². The molecular formula is C23H37IN4O3. The van der Waals surface area contributed by atoms with Crippen molar-refractivity contribution in [2.24, 2.45) is 10.9 Å². The predicted molar refractivity (Wildman–Crippen MR) is 134 cm³/mol. The molecule has 1 aliphatic heterocycles. The molecule has 1 aromatic carbocycles. The second-order valence-corrected chi connectivity index (χ2v) is 8.75. The van der Waals surface area contributed by atoms with Crippen molar-refractivity contribution >= 4 is 35.8 Å². The van der Waals surface area contributed by atoms with Gasteiger partial charge in [-0.1, -0.05) is 37.3 Å². The molecule has 1 saturated carbocycles. The van der Waals surface area contributed by atoms with E-state index in [0.29, 0.717) is 19.1 Å². The topological polar surface area (TPSA) is 75.2 Å². The number of likely N-dealkylation sites (N-methyl/N-ethyl adjacent to an activating group) is 1. The van der Waals surface area contributed by atoms with E-state index in [4.69, 9.17) is 9.47 Å². The van der Waals surface area contributed by atoms with Crippen molar-refractivity contribution in [2.45, 2.75) is 57.5 Å². The number of nitrogens with one attached hydrogen (secondary N) is 2. The van der Waals surface area contributed by atoms with Gasteiger partial charge in [-0.3, -0.25) is 4.79 Å². The lowest BCUT2D eigenvalue weighted by Crippen LogP contribution is -2.44. The molecule has 2 aliphatic rings. The summed E-state index contributed by atoms with van der Waals surface area (Å²) in [6.45, 7) is 5.62. The van der Waals surface area contributed by atoms with Crippen LogP contribution in [0.1, 0.15) is 51.1 Å². The van der Waals surface area contributed by atoms with Crippen LogP contribution in [0.5, 0.6) is 0 Å². The third-order valence-electron chi connectivity index (χ3n) is 5.97. The van der Waals surface area contributed by atoms with Crippen LogP contribution in [-0.4, -0.2) is 62.4 Å². The van der Waals surface area contributed by atoms with E-state index in [9.17, 15) is 4.79 Å². The van der Waals surface area contributed by atoms with E-state index in [-0.39, 0.29) is 48.6 Å². The predicted octanol–water partition coefficient (Wildman–Crippen LogP) is 3.31. The van der Waals surface area contributed by atoms with Crippen LogP contribution in [-0.2, 0) is 14.3 Å². The van der Waals surface area contributed by atoms with Crippen LogP contribution in [0.25, 0.3) is 0 Å². The molecule has 2 N–H and O–H groups in total. The molecule has 1 aliphatic carbocycles. The highest BCUT2D eigenvalue weighted by molar-refractivity contribution is 14.0. The Hall–Kier alpha value is -1.39. The second kappa shape index (κ2) is 12.0. The molecule has 2 unspecified atom stereocenters. The quantitative estimate of drug-likeness (QED) is 0.327. The number of hydrogen-bond donors (Lipinski definition) is 2. The Morgan fingerprint density at radius 3 is 2.58 bits per heavy atom. The van der Waals surface area contributed by atoms with E-state index in [1.807, 2.05) is 18.2 Å². The van der Waals surface area contributed by atoms with Crippen molar-refractivity contribution in [3.63, 3.8) is 0 Å². The van der Waals surface area contributed by atoms with Crippen molar-refractivity contribution < 1.29 is 14.3 Å². The number of rotatable bonds is 6. The van der Waals surface area contributed by atoms with E-state index in [1.165, 1.54) is 0 Å². The molecule has 7 nitrogen and oxygen atoms in total. The summed E-state index contributed by atoms with van der Waals surface area (Å²) in [4.78, 5) is 18.0. The molecule has 2 atom stereocenters. The molecule has 8 heteroatoms. The number of carbonyl (C=O) groups is 1. The first kappa shape index (κ1) is 25.9. The molecule has 0 bridgehead atoms. The zero-order valence-corrected chi connectivity index (χ0v) is 21.4. The van der Waals surface area contributed by atoms with E-state index >= 15 is 0 Å². The lowest BCUT2D eigenvalue weighted by Gasteiger charge is -2.34. The minimum atomic E-state index is -0.401. The number of guanidine groups is 1. The summed E-state index contributed by atoms with van der Waals surface area (Å²) in [6.07, 6.45) is 4.20. The fourth-order valence-electron chi connectivity index (χ4n) is 3.86. The summed E-state index contributed by atoms with van der Waals surface area (Å²) < 4.78 is 12.4. The van der Waals surface area contributed by atoms with E-state index in [0.717, 1.165) is 37.2 Å². The molecule has 1 heterocycles. The first-order valence-corrected chi connectivity index (χ1v) is 11.0. The summed E-state index contributed by atoms with van der Waals surface area (Å²) in [5.41, 5.74) is 1.15. The van der Waals surface area contributed by atoms with Gasteiger partial charge >= 0.3 is 0 Å². The number of nitrogens with zero attached hydrogens (tertiary/aromatic N) is 2. The molecule has 0 radical (unpaired) electrons. The minimum absolute atomic E-state index is 0. The number of aliphatic imine (C=N–C) groups is 1. The number of ether oxygens (including phenoxy) is 2. The van der Waals surface area contributed by atoms with Crippen LogP contribution in [0.2, 0.25) is 0 Å². The van der Waals surface area contributed by atoms with E-state index < -0.39 is 5.79 Å². The largest absolute Gasteiger partial charge is 0.354 e. The van der Waals surface area contributed by atoms with Crippen molar-refractivity contribution in [2.75, 3.05) is 33.8 Å². The highest BCUT2D eigenvalue weighted by Gasteiger charge is 2.43. The normalized spacial score (nSPS) is 26.8. The van der Waals surface area contributed by atoms with Gasteiger partial charge in [-0.15, -0.1) is 24.0 Å². The van der Waals surface area contributed by atoms with Crippen LogP contribution in [0.4, 0.5) is 0 Å². The Morgan fingerprint density at radius 2 is 1.94 bits per heavy atom. The summed E-state index contributed by atoms with van der Waals surface area (Å²) in [7, 11) is 3.47. The summed E-state index contributed by atoms with van der Waals surface area (Å²) in [5.74, 6) is 0.904. The van der Waals surface area contributed by atoms with Crippen molar-refractivity contribution in [3.05, 3.63) is 35.9 Å². The Labute approximate surface area is 203 Å². The molecule has 1 aromatic rings. The Balaban J connectivity index is 0.00000341. The third-order valence-corrected chi connectivity index (χ3v) is 5.97. The molecule has 0 aromatic heterocycles. The van der Waals surface area contributed by atoms with Gasteiger partial charge in [0.25, 0.3) is 0 Å². The monoisotopic (exact) mass is 544 g/mol. The number of halogens is 1. The van der Waals surface area contributed by atoms with Gasteiger partial charge in [0, 0.05) is 33.5 Å². The Bertz CT molecular complexity index is 721. The maximum Gasteiger partial charge on any atom is 0.243 e. The number of hydrogen-bond acceptors (Lipinski definition) is 4. The molecule has 31 heavy (non-hydrogen) atoms. The van der Waals surface area contributed by atoms with Crippen molar-refractivity contribution in [3.8, 4) is 0 Å². The fourth-order valence-corrected chi connectivity index (χ4v) is 3.86. The van der Waals surface area contributed by atoms with Crippen LogP contribution in [0.3, 0.4) is 0 Å². The standard InChI is InChI=1S/C23H36N4O3.HI/c1-17-10-12-23(13-11-17)29-16-20(30-23)14-24-22(25-15-21(28)27(3)4)26-18(2)19-8-6-5-7-9-19;/h5-9,17-18,20H,10-16H2,1-4H3,(H2,24,25,26);1H. The second-order valence-electron chi connectivity index (χ2n) is 8.75. The first-order chi connectivity index (χ1) is 14.4. The van der Waals surface area contributed by atoms with E-state index in [1.54, 1.807) is 19.0 Å². The number of benzene rings is 1. The minimum Gasteiger partial charge on any atom is -0.354 e. The van der Waals surface area contributed by atoms with Crippen LogP contribution in [0, 0.1) is 5.92 Å². The molecule has 1 spiro atoms. The highest BCUT2D eigenvalue weighted by atomic mass is 127. The molecule has 174 valence electrons. The third kappa shape index (κ3) is 7.61. The summed E-state index contributed by atoms with van der Waals surface area (Å²) in [5, 5.41) is 6.75. The fraction of sp³-hybridized carbons (Fsp3) is 0.652. The molecule has 3 rings (SSSR count). The van der Waals surface area contributed by atoms with Crippen LogP contribution < -0.4 is 10.6 Å². The van der Waals surface area contributed by atoms with Gasteiger partial charge < -0.3 is 25.0 Å². The van der Waals surface area contributed by atoms with E-state index in [2.05, 4.69) is 41.6 Å². The van der Waals surface area contributed by atoms with Gasteiger partial charge in [0.15, 0.2) is 11.7 Å². The maximum atomic E-state index is 12.0. The SMILES string of the molecule is CC1CCC2(CC1)OCC(CNC(=NCC(=O)N(C)C)NC(C)c1ccccc1)O2.I. The summed E-state index contributed by atoms with van der Waals surface area (Å²) >= 11 is 0. The average Bonchev–Trinajstić information content (AvgIpc) is 3.15. The van der Waals surface area contributed by atoms with Crippen LogP contribution in [0.15, 0.2) is 35.3 Å². The first-order valence-electron chi connectivity index (χ1n) is 11.0.